The Morgan fingerprint density at radius 2 is 2.26 bits per heavy atom. The largest absolute Gasteiger partial charge is 0.352 e. The Kier molecular flexibility index (Phi) is 5.28. The lowest BCUT2D eigenvalue weighted by molar-refractivity contribution is 0.0943. The summed E-state index contributed by atoms with van der Waals surface area (Å²) in [5.41, 5.74) is 1.84. The van der Waals surface area contributed by atoms with Crippen molar-refractivity contribution in [2.75, 3.05) is 6.54 Å². The molecule has 0 aliphatic heterocycles. The van der Waals surface area contributed by atoms with E-state index in [1.807, 2.05) is 25.1 Å². The number of carbonyl (C=O) groups is 1. The summed E-state index contributed by atoms with van der Waals surface area (Å²) in [5.74, 6) is 0.520. The molecule has 1 amide bonds. The molecule has 2 unspecified atom stereocenters. The lowest BCUT2D eigenvalue weighted by atomic mass is 9.89. The molecule has 0 aromatic heterocycles. The molecule has 1 aromatic carbocycles. The fourth-order valence-corrected chi connectivity index (χ4v) is 3.27. The average Bonchev–Trinajstić information content (AvgIpc) is 2.39. The van der Waals surface area contributed by atoms with Gasteiger partial charge in [0.25, 0.3) is 5.91 Å². The number of hydrogen-bond acceptors (Lipinski definition) is 1. The molecule has 1 aliphatic rings. The van der Waals surface area contributed by atoms with Crippen molar-refractivity contribution < 1.29 is 4.79 Å². The number of hydrogen-bond donors (Lipinski definition) is 1. The molecule has 1 saturated carbocycles. The summed E-state index contributed by atoms with van der Waals surface area (Å²) >= 11 is 9.62. The summed E-state index contributed by atoms with van der Waals surface area (Å²) in [6.07, 6.45) is 4.46. The Hall–Kier alpha value is -0.540. The highest BCUT2D eigenvalue weighted by Crippen LogP contribution is 2.27. The third-order valence-corrected chi connectivity index (χ3v) is 4.95. The number of halogens is 2. The van der Waals surface area contributed by atoms with Crippen LogP contribution in [-0.4, -0.2) is 17.8 Å². The molecule has 1 fully saturated rings. The maximum Gasteiger partial charge on any atom is 0.251 e. The van der Waals surface area contributed by atoms with E-state index in [0.717, 1.165) is 29.4 Å². The summed E-state index contributed by atoms with van der Waals surface area (Å²) in [5, 5.41) is 3.30. The van der Waals surface area contributed by atoms with Gasteiger partial charge in [-0.3, -0.25) is 4.79 Å². The third kappa shape index (κ3) is 4.22. The molecule has 1 aliphatic carbocycles. The van der Waals surface area contributed by atoms with Crippen molar-refractivity contribution in [3.05, 3.63) is 33.8 Å². The molecule has 0 spiro atoms. The standard InChI is InChI=1S/C15H19BrClNO/c1-10-5-6-12(8-14(10)16)15(19)18-9-11-3-2-4-13(17)7-11/h5-6,8,11,13H,2-4,7,9H2,1H3,(H,18,19). The number of benzene rings is 1. The molecule has 4 heteroatoms. The molecule has 2 atom stereocenters. The Labute approximate surface area is 128 Å². The van der Waals surface area contributed by atoms with Crippen LogP contribution in [0.4, 0.5) is 0 Å². The molecule has 2 nitrogen and oxygen atoms in total. The normalized spacial score (nSPS) is 23.1. The smallest absolute Gasteiger partial charge is 0.251 e. The van der Waals surface area contributed by atoms with Gasteiger partial charge in [-0.2, -0.15) is 0 Å². The Balaban J connectivity index is 1.88. The van der Waals surface area contributed by atoms with Crippen LogP contribution in [0.2, 0.25) is 0 Å². The molecular weight excluding hydrogens is 326 g/mol. The number of alkyl halides is 1. The third-order valence-electron chi connectivity index (χ3n) is 3.70. The highest BCUT2D eigenvalue weighted by Gasteiger charge is 2.20. The predicted octanol–water partition coefficient (Wildman–Crippen LogP) is 4.28. The first-order chi connectivity index (χ1) is 9.06. The van der Waals surface area contributed by atoms with Crippen molar-refractivity contribution in [2.45, 2.75) is 38.0 Å². The van der Waals surface area contributed by atoms with Gasteiger partial charge in [-0.15, -0.1) is 11.6 Å². The maximum absolute atomic E-state index is 12.1. The Morgan fingerprint density at radius 1 is 1.47 bits per heavy atom. The first-order valence-electron chi connectivity index (χ1n) is 6.74. The fourth-order valence-electron chi connectivity index (χ4n) is 2.48. The van der Waals surface area contributed by atoms with Gasteiger partial charge in [-0.1, -0.05) is 28.4 Å². The van der Waals surface area contributed by atoms with Crippen molar-refractivity contribution in [1.29, 1.82) is 0 Å². The summed E-state index contributed by atoms with van der Waals surface area (Å²) in [4.78, 5) is 12.1. The minimum absolute atomic E-state index is 0.00241. The molecule has 0 radical (unpaired) electrons. The molecule has 0 saturated heterocycles. The van der Waals surface area contributed by atoms with Gasteiger partial charge in [0.1, 0.15) is 0 Å². The van der Waals surface area contributed by atoms with Crippen LogP contribution >= 0.6 is 27.5 Å². The Bertz CT molecular complexity index is 463. The fraction of sp³-hybridized carbons (Fsp3) is 0.533. The van der Waals surface area contributed by atoms with E-state index in [-0.39, 0.29) is 11.3 Å². The van der Waals surface area contributed by atoms with E-state index in [2.05, 4.69) is 21.2 Å². The van der Waals surface area contributed by atoms with Crippen molar-refractivity contribution in [3.8, 4) is 0 Å². The van der Waals surface area contributed by atoms with Crippen LogP contribution in [0.5, 0.6) is 0 Å². The van der Waals surface area contributed by atoms with Crippen LogP contribution in [0.25, 0.3) is 0 Å². The van der Waals surface area contributed by atoms with Crippen molar-refractivity contribution in [2.24, 2.45) is 5.92 Å². The van der Waals surface area contributed by atoms with Gasteiger partial charge < -0.3 is 5.32 Å². The number of carbonyl (C=O) groups excluding carboxylic acids is 1. The van der Waals surface area contributed by atoms with Gasteiger partial charge in [0.15, 0.2) is 0 Å². The molecule has 2 rings (SSSR count). The van der Waals surface area contributed by atoms with E-state index < -0.39 is 0 Å². The van der Waals surface area contributed by atoms with Crippen molar-refractivity contribution in [3.63, 3.8) is 0 Å². The van der Waals surface area contributed by atoms with Crippen LogP contribution in [0.3, 0.4) is 0 Å². The van der Waals surface area contributed by atoms with E-state index in [4.69, 9.17) is 11.6 Å². The maximum atomic E-state index is 12.1. The summed E-state index contributed by atoms with van der Waals surface area (Å²) < 4.78 is 0.971. The van der Waals surface area contributed by atoms with Crippen LogP contribution in [0.1, 0.15) is 41.6 Å². The van der Waals surface area contributed by atoms with Crippen LogP contribution in [-0.2, 0) is 0 Å². The van der Waals surface area contributed by atoms with Gasteiger partial charge >= 0.3 is 0 Å². The van der Waals surface area contributed by atoms with Crippen LogP contribution in [0.15, 0.2) is 22.7 Å². The van der Waals surface area contributed by atoms with Gasteiger partial charge in [0.2, 0.25) is 0 Å². The highest BCUT2D eigenvalue weighted by atomic mass is 79.9. The summed E-state index contributed by atoms with van der Waals surface area (Å²) in [6, 6.07) is 5.69. The van der Waals surface area contributed by atoms with Crippen molar-refractivity contribution in [1.82, 2.24) is 5.32 Å². The molecule has 0 heterocycles. The van der Waals surface area contributed by atoms with Crippen LogP contribution < -0.4 is 5.32 Å². The average molecular weight is 345 g/mol. The quantitative estimate of drug-likeness (QED) is 0.815. The zero-order chi connectivity index (χ0) is 13.8. The SMILES string of the molecule is Cc1ccc(C(=O)NCC2CCCC(Cl)C2)cc1Br. The number of rotatable bonds is 3. The zero-order valence-corrected chi connectivity index (χ0v) is 13.4. The minimum atomic E-state index is -0.00241. The number of amides is 1. The lowest BCUT2D eigenvalue weighted by Gasteiger charge is -2.25. The molecule has 1 N–H and O–H groups in total. The molecule has 0 bridgehead atoms. The van der Waals surface area contributed by atoms with Crippen molar-refractivity contribution >= 4 is 33.4 Å². The van der Waals surface area contributed by atoms with E-state index >= 15 is 0 Å². The first-order valence-corrected chi connectivity index (χ1v) is 7.97. The molecule has 104 valence electrons. The molecule has 19 heavy (non-hydrogen) atoms. The minimum Gasteiger partial charge on any atom is -0.352 e. The lowest BCUT2D eigenvalue weighted by Crippen LogP contribution is -2.32. The van der Waals surface area contributed by atoms with Gasteiger partial charge in [-0.25, -0.2) is 0 Å². The van der Waals surface area contributed by atoms with Gasteiger partial charge in [0, 0.05) is 22.0 Å². The van der Waals surface area contributed by atoms with E-state index in [1.165, 1.54) is 12.8 Å². The molecular formula is C15H19BrClNO. The highest BCUT2D eigenvalue weighted by molar-refractivity contribution is 9.10. The van der Waals surface area contributed by atoms with E-state index in [9.17, 15) is 4.79 Å². The topological polar surface area (TPSA) is 29.1 Å². The second-order valence-corrected chi connectivity index (χ2v) is 6.78. The second kappa shape index (κ2) is 6.76. The van der Waals surface area contributed by atoms with Crippen LogP contribution in [0, 0.1) is 12.8 Å². The Morgan fingerprint density at radius 3 is 2.95 bits per heavy atom. The van der Waals surface area contributed by atoms with E-state index in [0.29, 0.717) is 11.5 Å². The summed E-state index contributed by atoms with van der Waals surface area (Å²) in [6.45, 7) is 2.74. The second-order valence-electron chi connectivity index (χ2n) is 5.30. The zero-order valence-electron chi connectivity index (χ0n) is 11.1. The predicted molar refractivity (Wildman–Crippen MR) is 82.8 cm³/mol. The monoisotopic (exact) mass is 343 g/mol. The van der Waals surface area contributed by atoms with Gasteiger partial charge in [-0.05, 0) is 49.8 Å². The molecule has 1 aromatic rings. The summed E-state index contributed by atoms with van der Waals surface area (Å²) in [7, 11) is 0. The van der Waals surface area contributed by atoms with Gasteiger partial charge in [0.05, 0.1) is 0 Å². The first kappa shape index (κ1) is 14.9. The van der Waals surface area contributed by atoms with E-state index in [1.54, 1.807) is 0 Å². The number of aryl methyl sites for hydroxylation is 1. The number of nitrogens with one attached hydrogen (secondary N) is 1.